The minimum Gasteiger partial charge on any atom is -0.481 e. The first kappa shape index (κ1) is 19.6. The average Bonchev–Trinajstić information content (AvgIpc) is 3.15. The van der Waals surface area contributed by atoms with Crippen LogP contribution in [0.3, 0.4) is 0 Å². The number of rotatable bonds is 6. The largest absolute Gasteiger partial charge is 0.481 e. The second-order valence-electron chi connectivity index (χ2n) is 6.52. The molecule has 8 heteroatoms. The molecule has 0 spiro atoms. The lowest BCUT2D eigenvalue weighted by Crippen LogP contribution is -2.45. The third-order valence-corrected chi connectivity index (χ3v) is 4.68. The topological polar surface area (TPSA) is 80.8 Å². The molecule has 0 bridgehead atoms. The van der Waals surface area contributed by atoms with Gasteiger partial charge in [0.1, 0.15) is 5.56 Å². The van der Waals surface area contributed by atoms with Crippen molar-refractivity contribution < 1.29 is 23.5 Å². The summed E-state index contributed by atoms with van der Waals surface area (Å²) in [4.78, 5) is 30.5. The highest BCUT2D eigenvalue weighted by atomic mass is 19.1. The van der Waals surface area contributed by atoms with Crippen LogP contribution in [0.2, 0.25) is 0 Å². The van der Waals surface area contributed by atoms with E-state index in [1.165, 1.54) is 31.3 Å². The highest BCUT2D eigenvalue weighted by Crippen LogP contribution is 2.29. The fourth-order valence-electron chi connectivity index (χ4n) is 3.09. The maximum absolute atomic E-state index is 15.2. The Hall–Kier alpha value is -3.16. The van der Waals surface area contributed by atoms with Crippen molar-refractivity contribution in [2.45, 2.75) is 18.6 Å². The van der Waals surface area contributed by atoms with Crippen molar-refractivity contribution in [3.8, 4) is 11.8 Å². The van der Waals surface area contributed by atoms with Crippen LogP contribution in [0.1, 0.15) is 22.3 Å². The van der Waals surface area contributed by atoms with Crippen LogP contribution < -0.4 is 14.8 Å². The number of ether oxygens (including phenoxy) is 2. The standard InChI is InChI=1S/C20H22FN3O4/c1-27-16-9-8-15(17(23-16)28-2)18(25)24-11-10-20(21,13-24)19(26)22-12-14-6-4-3-5-7-14/h3-9H,10-13H2,1-2H3,(H,22,26). The van der Waals surface area contributed by atoms with Gasteiger partial charge in [-0.25, -0.2) is 4.39 Å². The van der Waals surface area contributed by atoms with E-state index in [2.05, 4.69) is 10.3 Å². The number of methoxy groups -OCH3 is 2. The molecule has 3 rings (SSSR count). The summed E-state index contributed by atoms with van der Waals surface area (Å²) < 4.78 is 25.3. The molecule has 0 saturated carbocycles. The van der Waals surface area contributed by atoms with Gasteiger partial charge in [-0.15, -0.1) is 0 Å². The molecule has 1 aromatic heterocycles. The molecule has 1 saturated heterocycles. The number of benzene rings is 1. The minimum absolute atomic E-state index is 0.0642. The molecule has 2 amide bonds. The molecule has 1 aliphatic heterocycles. The second kappa shape index (κ2) is 8.24. The van der Waals surface area contributed by atoms with E-state index < -0.39 is 17.5 Å². The van der Waals surface area contributed by atoms with E-state index in [0.717, 1.165) is 5.56 Å². The highest BCUT2D eigenvalue weighted by molar-refractivity contribution is 5.97. The summed E-state index contributed by atoms with van der Waals surface area (Å²) in [5, 5.41) is 2.61. The molecule has 7 nitrogen and oxygen atoms in total. The molecule has 0 radical (unpaired) electrons. The molecule has 1 aromatic carbocycles. The highest BCUT2D eigenvalue weighted by Gasteiger charge is 2.47. The Morgan fingerprint density at radius 3 is 2.61 bits per heavy atom. The van der Waals surface area contributed by atoms with Gasteiger partial charge in [0, 0.05) is 25.6 Å². The zero-order chi connectivity index (χ0) is 20.1. The van der Waals surface area contributed by atoms with Crippen molar-refractivity contribution in [2.75, 3.05) is 27.3 Å². The van der Waals surface area contributed by atoms with E-state index >= 15 is 4.39 Å². The zero-order valence-electron chi connectivity index (χ0n) is 15.8. The van der Waals surface area contributed by atoms with Gasteiger partial charge in [-0.05, 0) is 11.6 Å². The van der Waals surface area contributed by atoms with Crippen LogP contribution in [0.5, 0.6) is 11.8 Å². The number of aromatic nitrogens is 1. The summed E-state index contributed by atoms with van der Waals surface area (Å²) in [6, 6.07) is 12.3. The van der Waals surface area contributed by atoms with Crippen LogP contribution in [0.25, 0.3) is 0 Å². The maximum Gasteiger partial charge on any atom is 0.259 e. The molecule has 1 unspecified atom stereocenters. The number of amides is 2. The van der Waals surface area contributed by atoms with Gasteiger partial charge in [0.25, 0.3) is 11.8 Å². The maximum atomic E-state index is 15.2. The third kappa shape index (κ3) is 4.05. The predicted octanol–water partition coefficient (Wildman–Crippen LogP) is 1.97. The number of hydrogen-bond acceptors (Lipinski definition) is 5. The Labute approximate surface area is 162 Å². The van der Waals surface area contributed by atoms with Crippen molar-refractivity contribution in [1.29, 1.82) is 0 Å². The van der Waals surface area contributed by atoms with Crippen LogP contribution in [-0.2, 0) is 11.3 Å². The van der Waals surface area contributed by atoms with E-state index in [9.17, 15) is 9.59 Å². The number of carbonyl (C=O) groups is 2. The molecule has 1 aliphatic rings. The lowest BCUT2D eigenvalue weighted by atomic mass is 10.0. The lowest BCUT2D eigenvalue weighted by Gasteiger charge is -2.21. The molecule has 0 aliphatic carbocycles. The summed E-state index contributed by atoms with van der Waals surface area (Å²) in [5.41, 5.74) is -1.06. The first-order valence-electron chi connectivity index (χ1n) is 8.86. The molecule has 1 fully saturated rings. The van der Waals surface area contributed by atoms with Gasteiger partial charge < -0.3 is 19.7 Å². The van der Waals surface area contributed by atoms with Gasteiger partial charge in [-0.1, -0.05) is 30.3 Å². The van der Waals surface area contributed by atoms with Crippen molar-refractivity contribution >= 4 is 11.8 Å². The Kier molecular flexibility index (Phi) is 5.77. The Morgan fingerprint density at radius 2 is 1.93 bits per heavy atom. The molecule has 2 heterocycles. The average molecular weight is 387 g/mol. The summed E-state index contributed by atoms with van der Waals surface area (Å²) in [6.45, 7) is 0.0421. The number of carbonyl (C=O) groups excluding carboxylic acids is 2. The van der Waals surface area contributed by atoms with Gasteiger partial charge in [-0.3, -0.25) is 9.59 Å². The van der Waals surface area contributed by atoms with E-state index in [0.29, 0.717) is 5.88 Å². The van der Waals surface area contributed by atoms with E-state index in [4.69, 9.17) is 9.47 Å². The number of hydrogen-bond donors (Lipinski definition) is 1. The van der Waals surface area contributed by atoms with Crippen LogP contribution in [0.15, 0.2) is 42.5 Å². The first-order valence-corrected chi connectivity index (χ1v) is 8.86. The zero-order valence-corrected chi connectivity index (χ0v) is 15.8. The quantitative estimate of drug-likeness (QED) is 0.820. The van der Waals surface area contributed by atoms with Crippen LogP contribution in [0, 0.1) is 0 Å². The van der Waals surface area contributed by atoms with Crippen molar-refractivity contribution in [3.05, 3.63) is 53.6 Å². The molecule has 2 aromatic rings. The van der Waals surface area contributed by atoms with Crippen LogP contribution in [0.4, 0.5) is 4.39 Å². The fourth-order valence-corrected chi connectivity index (χ4v) is 3.09. The minimum atomic E-state index is -2.13. The van der Waals surface area contributed by atoms with Gasteiger partial charge in [0.15, 0.2) is 0 Å². The number of pyridine rings is 1. The van der Waals surface area contributed by atoms with Crippen molar-refractivity contribution in [3.63, 3.8) is 0 Å². The normalized spacial score (nSPS) is 18.6. The van der Waals surface area contributed by atoms with E-state index in [-0.39, 0.29) is 37.5 Å². The fraction of sp³-hybridized carbons (Fsp3) is 0.350. The van der Waals surface area contributed by atoms with E-state index in [1.54, 1.807) is 0 Å². The molecular formula is C20H22FN3O4. The number of nitrogens with one attached hydrogen (secondary N) is 1. The summed E-state index contributed by atoms with van der Waals surface area (Å²) in [6.07, 6.45) is -0.0642. The van der Waals surface area contributed by atoms with Crippen LogP contribution >= 0.6 is 0 Å². The van der Waals surface area contributed by atoms with Gasteiger partial charge >= 0.3 is 0 Å². The van der Waals surface area contributed by atoms with E-state index in [1.807, 2.05) is 30.3 Å². The second-order valence-corrected chi connectivity index (χ2v) is 6.52. The van der Waals surface area contributed by atoms with Gasteiger partial charge in [0.05, 0.1) is 20.8 Å². The molecular weight excluding hydrogens is 365 g/mol. The third-order valence-electron chi connectivity index (χ3n) is 4.68. The first-order chi connectivity index (χ1) is 13.5. The Morgan fingerprint density at radius 1 is 1.18 bits per heavy atom. The summed E-state index contributed by atoms with van der Waals surface area (Å²) >= 11 is 0. The van der Waals surface area contributed by atoms with Crippen LogP contribution in [-0.4, -0.2) is 54.7 Å². The SMILES string of the molecule is COc1ccc(C(=O)N2CCC(F)(C(=O)NCc3ccccc3)C2)c(OC)n1. The Bertz CT molecular complexity index is 862. The lowest BCUT2D eigenvalue weighted by molar-refractivity contribution is -0.132. The number of halogens is 1. The monoisotopic (exact) mass is 387 g/mol. The molecule has 1 N–H and O–H groups in total. The smallest absolute Gasteiger partial charge is 0.259 e. The number of nitrogens with zero attached hydrogens (tertiary/aromatic N) is 2. The number of alkyl halides is 1. The molecule has 148 valence electrons. The summed E-state index contributed by atoms with van der Waals surface area (Å²) in [5.74, 6) is -0.766. The molecule has 28 heavy (non-hydrogen) atoms. The van der Waals surface area contributed by atoms with Gasteiger partial charge in [0.2, 0.25) is 17.4 Å². The van der Waals surface area contributed by atoms with Crippen molar-refractivity contribution in [1.82, 2.24) is 15.2 Å². The predicted molar refractivity (Wildman–Crippen MR) is 100.0 cm³/mol. The Balaban J connectivity index is 1.66. The summed E-state index contributed by atoms with van der Waals surface area (Å²) in [7, 11) is 2.84. The number of likely N-dealkylation sites (tertiary alicyclic amines) is 1. The van der Waals surface area contributed by atoms with Crippen molar-refractivity contribution in [2.24, 2.45) is 0 Å². The van der Waals surface area contributed by atoms with Gasteiger partial charge in [-0.2, -0.15) is 4.98 Å². The molecule has 1 atom stereocenters.